The van der Waals surface area contributed by atoms with Gasteiger partial charge in [-0.2, -0.15) is 0 Å². The molecule has 0 saturated heterocycles. The van der Waals surface area contributed by atoms with Gasteiger partial charge in [0.1, 0.15) is 5.82 Å². The maximum atomic E-state index is 13.4. The summed E-state index contributed by atoms with van der Waals surface area (Å²) >= 11 is 0. The van der Waals surface area contributed by atoms with E-state index in [0.29, 0.717) is 17.8 Å². The predicted octanol–water partition coefficient (Wildman–Crippen LogP) is 1.89. The number of allylic oxidation sites excluding steroid dienone is 1. The molecule has 4 nitrogen and oxygen atoms in total. The molecular weight excluding hydrogens is 235 g/mol. The van der Waals surface area contributed by atoms with Crippen LogP contribution in [0.3, 0.4) is 0 Å². The molecule has 0 aromatic heterocycles. The lowest BCUT2D eigenvalue weighted by Crippen LogP contribution is -2.06. The van der Waals surface area contributed by atoms with Gasteiger partial charge < -0.3 is 10.5 Å². The number of aliphatic imine (C=N–C) groups is 1. The molecule has 2 N–H and O–H groups in total. The summed E-state index contributed by atoms with van der Waals surface area (Å²) < 4.78 is 18.0. The van der Waals surface area contributed by atoms with Crippen LogP contribution >= 0.6 is 0 Å². The van der Waals surface area contributed by atoms with Crippen molar-refractivity contribution < 1.29 is 13.9 Å². The van der Waals surface area contributed by atoms with Crippen molar-refractivity contribution in [3.05, 3.63) is 47.4 Å². The summed E-state index contributed by atoms with van der Waals surface area (Å²) in [4.78, 5) is 15.6. The highest BCUT2D eigenvalue weighted by molar-refractivity contribution is 6.09. The van der Waals surface area contributed by atoms with Crippen molar-refractivity contribution in [3.8, 4) is 0 Å². The number of rotatable bonds is 4. The van der Waals surface area contributed by atoms with Crippen molar-refractivity contribution in [1.82, 2.24) is 0 Å². The highest BCUT2D eigenvalue weighted by Gasteiger charge is 2.10. The molecule has 0 fully saturated rings. The minimum Gasteiger partial charge on any atom is -0.465 e. The molecule has 0 aliphatic rings. The van der Waals surface area contributed by atoms with E-state index in [1.807, 2.05) is 6.92 Å². The Labute approximate surface area is 105 Å². The molecule has 5 heteroatoms. The highest BCUT2D eigenvalue weighted by atomic mass is 19.1. The van der Waals surface area contributed by atoms with Crippen LogP contribution in [-0.4, -0.2) is 25.3 Å². The molecule has 1 aromatic carbocycles. The Balaban J connectivity index is 3.27. The van der Waals surface area contributed by atoms with Gasteiger partial charge in [-0.3, -0.25) is 4.99 Å². The molecule has 1 rings (SSSR count). The second-order valence-corrected chi connectivity index (χ2v) is 3.44. The molecule has 0 radical (unpaired) electrons. The third-order valence-corrected chi connectivity index (χ3v) is 2.20. The number of carbonyl (C=O) groups excluding carboxylic acids is 1. The molecule has 0 bridgehead atoms. The molecular formula is C13H15FN2O2. The van der Waals surface area contributed by atoms with Gasteiger partial charge in [0, 0.05) is 12.1 Å². The van der Waals surface area contributed by atoms with Crippen LogP contribution in [0.25, 0.3) is 0 Å². The number of nitrogens with two attached hydrogens (primary N) is 1. The fourth-order valence-corrected chi connectivity index (χ4v) is 1.47. The van der Waals surface area contributed by atoms with Crippen molar-refractivity contribution in [1.29, 1.82) is 0 Å². The highest BCUT2D eigenvalue weighted by Crippen LogP contribution is 2.12. The fourth-order valence-electron chi connectivity index (χ4n) is 1.47. The van der Waals surface area contributed by atoms with Gasteiger partial charge in [-0.1, -0.05) is 0 Å². The number of methoxy groups -OCH3 is 1. The zero-order valence-electron chi connectivity index (χ0n) is 10.3. The van der Waals surface area contributed by atoms with E-state index < -0.39 is 11.8 Å². The number of hydrogen-bond acceptors (Lipinski definition) is 4. The zero-order valence-corrected chi connectivity index (χ0v) is 10.3. The quantitative estimate of drug-likeness (QED) is 0.655. The molecule has 0 amide bonds. The van der Waals surface area contributed by atoms with Gasteiger partial charge in [-0.25, -0.2) is 9.18 Å². The lowest BCUT2D eigenvalue weighted by Gasteiger charge is -2.05. The number of esters is 1. The van der Waals surface area contributed by atoms with E-state index in [9.17, 15) is 9.18 Å². The Morgan fingerprint density at radius 2 is 2.11 bits per heavy atom. The summed E-state index contributed by atoms with van der Waals surface area (Å²) in [5, 5.41) is 0. The van der Waals surface area contributed by atoms with Gasteiger partial charge in [0.05, 0.1) is 18.4 Å². The summed E-state index contributed by atoms with van der Waals surface area (Å²) in [6, 6.07) is 3.93. The monoisotopic (exact) mass is 250 g/mol. The first-order chi connectivity index (χ1) is 8.62. The predicted molar refractivity (Wildman–Crippen MR) is 68.1 cm³/mol. The van der Waals surface area contributed by atoms with E-state index in [0.717, 1.165) is 6.07 Å². The first-order valence-electron chi connectivity index (χ1n) is 5.44. The van der Waals surface area contributed by atoms with E-state index in [2.05, 4.69) is 9.73 Å². The number of benzene rings is 1. The van der Waals surface area contributed by atoms with Crippen LogP contribution in [0.15, 0.2) is 35.5 Å². The first-order valence-corrected chi connectivity index (χ1v) is 5.44. The lowest BCUT2D eigenvalue weighted by atomic mass is 10.1. The minimum absolute atomic E-state index is 0.140. The number of nitrogens with zero attached hydrogens (tertiary/aromatic N) is 1. The Bertz CT molecular complexity index is 496. The van der Waals surface area contributed by atoms with Crippen molar-refractivity contribution in [2.45, 2.75) is 6.92 Å². The van der Waals surface area contributed by atoms with E-state index in [1.165, 1.54) is 25.4 Å². The summed E-state index contributed by atoms with van der Waals surface area (Å²) in [6.45, 7) is 2.38. The lowest BCUT2D eigenvalue weighted by molar-refractivity contribution is 0.0600. The van der Waals surface area contributed by atoms with E-state index in [-0.39, 0.29) is 5.56 Å². The number of hydrogen-bond donors (Lipinski definition) is 1. The molecule has 0 aliphatic carbocycles. The number of halogens is 1. The van der Waals surface area contributed by atoms with Crippen LogP contribution in [0.2, 0.25) is 0 Å². The van der Waals surface area contributed by atoms with Gasteiger partial charge in [0.25, 0.3) is 0 Å². The maximum absolute atomic E-state index is 13.4. The average molecular weight is 250 g/mol. The van der Waals surface area contributed by atoms with Crippen molar-refractivity contribution >= 4 is 11.7 Å². The van der Waals surface area contributed by atoms with E-state index in [1.54, 1.807) is 6.08 Å². The van der Waals surface area contributed by atoms with Crippen LogP contribution in [0.4, 0.5) is 4.39 Å². The Morgan fingerprint density at radius 3 is 2.67 bits per heavy atom. The first kappa shape index (κ1) is 13.9. The zero-order chi connectivity index (χ0) is 13.5. The third kappa shape index (κ3) is 3.41. The minimum atomic E-state index is -0.594. The summed E-state index contributed by atoms with van der Waals surface area (Å²) in [7, 11) is 1.24. The van der Waals surface area contributed by atoms with Crippen LogP contribution < -0.4 is 5.73 Å². The third-order valence-electron chi connectivity index (χ3n) is 2.20. The largest absolute Gasteiger partial charge is 0.465 e. The second kappa shape index (κ2) is 6.54. The van der Waals surface area contributed by atoms with Gasteiger partial charge in [0.15, 0.2) is 0 Å². The fraction of sp³-hybridized carbons (Fsp3) is 0.231. The van der Waals surface area contributed by atoms with E-state index >= 15 is 0 Å². The standard InChI is InChI=1S/C13H15FN2O2/c1-3-16-12(4-5-15)9-6-10(13(17)18-2)8-11(14)7-9/h4-8H,3,15H2,1-2H3. The van der Waals surface area contributed by atoms with Gasteiger partial charge in [-0.05, 0) is 37.4 Å². The smallest absolute Gasteiger partial charge is 0.337 e. The Kier molecular flexibility index (Phi) is 5.05. The summed E-state index contributed by atoms with van der Waals surface area (Å²) in [5.41, 5.74) is 6.46. The SMILES string of the molecule is CCN=C(C=CN)c1cc(F)cc(C(=O)OC)c1. The van der Waals surface area contributed by atoms with Crippen LogP contribution in [-0.2, 0) is 4.74 Å². The van der Waals surface area contributed by atoms with Crippen LogP contribution in [0, 0.1) is 5.82 Å². The molecule has 0 spiro atoms. The van der Waals surface area contributed by atoms with Gasteiger partial charge in [0.2, 0.25) is 0 Å². The molecule has 0 unspecified atom stereocenters. The average Bonchev–Trinajstić information content (AvgIpc) is 2.36. The molecule has 18 heavy (non-hydrogen) atoms. The van der Waals surface area contributed by atoms with Gasteiger partial charge in [-0.15, -0.1) is 0 Å². The van der Waals surface area contributed by atoms with Crippen LogP contribution in [0.1, 0.15) is 22.8 Å². The normalized spacial score (nSPS) is 11.8. The number of carbonyl (C=O) groups is 1. The molecule has 0 aliphatic heterocycles. The maximum Gasteiger partial charge on any atom is 0.337 e. The summed E-state index contributed by atoms with van der Waals surface area (Å²) in [6.07, 6.45) is 2.87. The van der Waals surface area contributed by atoms with Crippen LogP contribution in [0.5, 0.6) is 0 Å². The van der Waals surface area contributed by atoms with E-state index in [4.69, 9.17) is 5.73 Å². The summed E-state index contributed by atoms with van der Waals surface area (Å²) in [5.74, 6) is -1.12. The van der Waals surface area contributed by atoms with Crippen molar-refractivity contribution in [2.24, 2.45) is 10.7 Å². The Hall–Kier alpha value is -2.17. The molecule has 0 saturated carbocycles. The van der Waals surface area contributed by atoms with Crippen molar-refractivity contribution in [2.75, 3.05) is 13.7 Å². The molecule has 1 aromatic rings. The molecule has 0 atom stereocenters. The molecule has 0 heterocycles. The van der Waals surface area contributed by atoms with Crippen molar-refractivity contribution in [3.63, 3.8) is 0 Å². The number of ether oxygens (including phenoxy) is 1. The molecule has 96 valence electrons. The Morgan fingerprint density at radius 1 is 1.44 bits per heavy atom. The second-order valence-electron chi connectivity index (χ2n) is 3.44. The topological polar surface area (TPSA) is 64.7 Å². The van der Waals surface area contributed by atoms with Gasteiger partial charge >= 0.3 is 5.97 Å².